The number of alkyl halides is 2. The van der Waals surface area contributed by atoms with Gasteiger partial charge < -0.3 is 15.4 Å². The van der Waals surface area contributed by atoms with Crippen molar-refractivity contribution in [2.24, 2.45) is 4.99 Å². The quantitative estimate of drug-likeness (QED) is 0.427. The van der Waals surface area contributed by atoms with Gasteiger partial charge in [-0.1, -0.05) is 19.1 Å². The maximum absolute atomic E-state index is 12.1. The van der Waals surface area contributed by atoms with E-state index in [-0.39, 0.29) is 29.7 Å². The van der Waals surface area contributed by atoms with Crippen LogP contribution in [0, 0.1) is 0 Å². The molecule has 21 heavy (non-hydrogen) atoms. The van der Waals surface area contributed by atoms with E-state index in [9.17, 15) is 8.78 Å². The van der Waals surface area contributed by atoms with Gasteiger partial charge in [-0.15, -0.1) is 24.0 Å². The molecule has 0 aromatic heterocycles. The van der Waals surface area contributed by atoms with Crippen LogP contribution in [-0.4, -0.2) is 25.7 Å². The molecule has 0 aliphatic carbocycles. The second-order valence-electron chi connectivity index (χ2n) is 4.41. The molecule has 7 heteroatoms. The van der Waals surface area contributed by atoms with Gasteiger partial charge in [0.15, 0.2) is 5.96 Å². The molecule has 0 aliphatic rings. The minimum atomic E-state index is -2.81. The Morgan fingerprint density at radius 3 is 2.67 bits per heavy atom. The lowest BCUT2D eigenvalue weighted by Crippen LogP contribution is -2.41. The highest BCUT2D eigenvalue weighted by Gasteiger charge is 2.06. The molecule has 1 aromatic rings. The number of guanidine groups is 1. The molecule has 0 aliphatic heterocycles. The highest BCUT2D eigenvalue weighted by Crippen LogP contribution is 2.15. The fourth-order valence-electron chi connectivity index (χ4n) is 1.55. The predicted molar refractivity (Wildman–Crippen MR) is 91.6 cm³/mol. The molecule has 1 atom stereocenters. The lowest BCUT2D eigenvalue weighted by molar-refractivity contribution is -0.0498. The fraction of sp³-hybridized carbons (Fsp3) is 0.500. The molecule has 120 valence electrons. The zero-order valence-electron chi connectivity index (χ0n) is 12.4. The standard InChI is InChI=1S/C14H21F2N3O.HI/c1-4-10(2)19-14(17-3)18-9-11-6-5-7-12(8-11)20-13(15)16;/h5-8,10,13H,4,9H2,1-3H3,(H2,17,18,19);1H. The topological polar surface area (TPSA) is 45.7 Å². The van der Waals surface area contributed by atoms with Gasteiger partial charge in [-0.05, 0) is 31.0 Å². The number of nitrogens with zero attached hydrogens (tertiary/aromatic N) is 1. The average molecular weight is 413 g/mol. The number of halogens is 3. The van der Waals surface area contributed by atoms with Crippen molar-refractivity contribution in [3.63, 3.8) is 0 Å². The second-order valence-corrected chi connectivity index (χ2v) is 4.41. The van der Waals surface area contributed by atoms with Gasteiger partial charge >= 0.3 is 6.61 Å². The summed E-state index contributed by atoms with van der Waals surface area (Å²) in [5.41, 5.74) is 0.843. The zero-order chi connectivity index (χ0) is 15.0. The molecular formula is C14H22F2IN3O. The van der Waals surface area contributed by atoms with Crippen molar-refractivity contribution in [3.8, 4) is 5.75 Å². The van der Waals surface area contributed by atoms with E-state index in [2.05, 4.69) is 34.2 Å². The summed E-state index contributed by atoms with van der Waals surface area (Å²) in [4.78, 5) is 4.11. The van der Waals surface area contributed by atoms with Crippen molar-refractivity contribution in [3.05, 3.63) is 29.8 Å². The van der Waals surface area contributed by atoms with E-state index in [4.69, 9.17) is 0 Å². The molecule has 2 N–H and O–H groups in total. The summed E-state index contributed by atoms with van der Waals surface area (Å²) in [5, 5.41) is 6.35. The molecule has 1 unspecified atom stereocenters. The number of hydrogen-bond donors (Lipinski definition) is 2. The summed E-state index contributed by atoms with van der Waals surface area (Å²) >= 11 is 0. The van der Waals surface area contributed by atoms with Crippen molar-refractivity contribution in [2.75, 3.05) is 7.05 Å². The molecule has 0 spiro atoms. The van der Waals surface area contributed by atoms with Crippen molar-refractivity contribution in [1.82, 2.24) is 10.6 Å². The number of ether oxygens (including phenoxy) is 1. The van der Waals surface area contributed by atoms with E-state index < -0.39 is 6.61 Å². The first-order valence-corrected chi connectivity index (χ1v) is 6.56. The van der Waals surface area contributed by atoms with E-state index in [1.54, 1.807) is 19.2 Å². The van der Waals surface area contributed by atoms with Gasteiger partial charge in [-0.25, -0.2) is 0 Å². The number of aliphatic imine (C=N–C) groups is 1. The Hall–Kier alpha value is -1.12. The molecule has 0 heterocycles. The van der Waals surface area contributed by atoms with E-state index in [0.717, 1.165) is 12.0 Å². The van der Waals surface area contributed by atoms with Crippen molar-refractivity contribution >= 4 is 29.9 Å². The van der Waals surface area contributed by atoms with Crippen LogP contribution in [0.1, 0.15) is 25.8 Å². The van der Waals surface area contributed by atoms with Gasteiger partial charge in [0.2, 0.25) is 0 Å². The van der Waals surface area contributed by atoms with Gasteiger partial charge in [0.05, 0.1) is 0 Å². The number of hydrogen-bond acceptors (Lipinski definition) is 2. The third-order valence-electron chi connectivity index (χ3n) is 2.80. The Bertz CT molecular complexity index is 444. The van der Waals surface area contributed by atoms with Gasteiger partial charge in [0.1, 0.15) is 5.75 Å². The highest BCUT2D eigenvalue weighted by molar-refractivity contribution is 14.0. The molecule has 0 radical (unpaired) electrons. The summed E-state index contributed by atoms with van der Waals surface area (Å²) in [5.74, 6) is 0.837. The highest BCUT2D eigenvalue weighted by atomic mass is 127. The number of rotatable bonds is 6. The van der Waals surface area contributed by atoms with Crippen LogP contribution in [0.2, 0.25) is 0 Å². The first-order chi connectivity index (χ1) is 9.55. The van der Waals surface area contributed by atoms with Gasteiger partial charge in [-0.2, -0.15) is 8.78 Å². The fourth-order valence-corrected chi connectivity index (χ4v) is 1.55. The summed E-state index contributed by atoms with van der Waals surface area (Å²) < 4.78 is 28.6. The van der Waals surface area contributed by atoms with E-state index in [0.29, 0.717) is 18.5 Å². The Morgan fingerprint density at radius 1 is 1.38 bits per heavy atom. The predicted octanol–water partition coefficient (Wildman–Crippen LogP) is 3.37. The summed E-state index contributed by atoms with van der Waals surface area (Å²) in [6.45, 7) is 1.81. The van der Waals surface area contributed by atoms with Crippen LogP contribution in [-0.2, 0) is 6.54 Å². The minimum Gasteiger partial charge on any atom is -0.435 e. The van der Waals surface area contributed by atoms with E-state index >= 15 is 0 Å². The largest absolute Gasteiger partial charge is 0.435 e. The maximum atomic E-state index is 12.1. The molecule has 0 bridgehead atoms. The molecule has 0 fully saturated rings. The minimum absolute atomic E-state index is 0. The third-order valence-corrected chi connectivity index (χ3v) is 2.80. The van der Waals surface area contributed by atoms with Gasteiger partial charge in [-0.3, -0.25) is 4.99 Å². The first kappa shape index (κ1) is 19.9. The summed E-state index contributed by atoms with van der Waals surface area (Å²) in [6.07, 6.45) is 0.985. The summed E-state index contributed by atoms with van der Waals surface area (Å²) in [6, 6.07) is 6.91. The Balaban J connectivity index is 0.00000400. The zero-order valence-corrected chi connectivity index (χ0v) is 14.7. The molecule has 4 nitrogen and oxygen atoms in total. The molecule has 0 saturated carbocycles. The van der Waals surface area contributed by atoms with Gasteiger partial charge in [0.25, 0.3) is 0 Å². The van der Waals surface area contributed by atoms with Crippen LogP contribution in [0.4, 0.5) is 8.78 Å². The lowest BCUT2D eigenvalue weighted by atomic mass is 10.2. The van der Waals surface area contributed by atoms with E-state index in [1.807, 2.05) is 6.07 Å². The van der Waals surface area contributed by atoms with Gasteiger partial charge in [0, 0.05) is 19.6 Å². The molecule has 0 amide bonds. The Morgan fingerprint density at radius 2 is 2.10 bits per heavy atom. The smallest absolute Gasteiger partial charge is 0.387 e. The molecular weight excluding hydrogens is 391 g/mol. The monoisotopic (exact) mass is 413 g/mol. The SMILES string of the molecule is CCC(C)NC(=NC)NCc1cccc(OC(F)F)c1.I. The second kappa shape index (κ2) is 10.6. The Labute approximate surface area is 141 Å². The molecule has 1 aromatic carbocycles. The molecule has 1 rings (SSSR count). The van der Waals surface area contributed by atoms with Crippen molar-refractivity contribution < 1.29 is 13.5 Å². The Kier molecular flexibility index (Phi) is 10.0. The van der Waals surface area contributed by atoms with Crippen LogP contribution in [0.15, 0.2) is 29.3 Å². The van der Waals surface area contributed by atoms with Crippen LogP contribution < -0.4 is 15.4 Å². The average Bonchev–Trinajstić information content (AvgIpc) is 2.42. The maximum Gasteiger partial charge on any atom is 0.387 e. The van der Waals surface area contributed by atoms with Crippen LogP contribution in [0.25, 0.3) is 0 Å². The lowest BCUT2D eigenvalue weighted by Gasteiger charge is -2.16. The van der Waals surface area contributed by atoms with Crippen LogP contribution >= 0.6 is 24.0 Å². The third kappa shape index (κ3) is 8.03. The number of nitrogens with one attached hydrogen (secondary N) is 2. The normalized spacial score (nSPS) is 12.6. The van der Waals surface area contributed by atoms with Crippen LogP contribution in [0.3, 0.4) is 0 Å². The van der Waals surface area contributed by atoms with Crippen molar-refractivity contribution in [2.45, 2.75) is 39.5 Å². The number of benzene rings is 1. The summed E-state index contributed by atoms with van der Waals surface area (Å²) in [7, 11) is 1.69. The van der Waals surface area contributed by atoms with E-state index in [1.165, 1.54) is 6.07 Å². The van der Waals surface area contributed by atoms with Crippen LogP contribution in [0.5, 0.6) is 5.75 Å². The van der Waals surface area contributed by atoms with Crippen molar-refractivity contribution in [1.29, 1.82) is 0 Å². The first-order valence-electron chi connectivity index (χ1n) is 6.56. The molecule has 0 saturated heterocycles.